The van der Waals surface area contributed by atoms with Gasteiger partial charge in [0.25, 0.3) is 5.56 Å². The van der Waals surface area contributed by atoms with E-state index >= 15 is 0 Å². The van der Waals surface area contributed by atoms with Gasteiger partial charge in [-0.25, -0.2) is 18.1 Å². The molecule has 2 heterocycles. The third-order valence-electron chi connectivity index (χ3n) is 5.79. The maximum absolute atomic E-state index is 11.9. The Balaban J connectivity index is 1.46. The summed E-state index contributed by atoms with van der Waals surface area (Å²) in [6.45, 7) is 4.34. The third-order valence-corrected chi connectivity index (χ3v) is 6.50. The second-order valence-corrected chi connectivity index (χ2v) is 10.4. The van der Waals surface area contributed by atoms with Gasteiger partial charge in [-0.1, -0.05) is 36.1 Å². The Morgan fingerprint density at radius 2 is 1.69 bits per heavy atom. The van der Waals surface area contributed by atoms with E-state index in [0.29, 0.717) is 5.56 Å². The number of H-pyrrole nitrogens is 1. The number of morpholine rings is 1. The fraction of sp³-hybridized carbons (Fsp3) is 0.308. The second-order valence-electron chi connectivity index (χ2n) is 8.63. The monoisotopic (exact) mass is 508 g/mol. The van der Waals surface area contributed by atoms with E-state index in [1.54, 1.807) is 24.3 Å². The Morgan fingerprint density at radius 3 is 2.31 bits per heavy atom. The van der Waals surface area contributed by atoms with Crippen LogP contribution in [0, 0.1) is 11.8 Å². The molecule has 0 bridgehead atoms. The molecule has 0 spiro atoms. The van der Waals surface area contributed by atoms with Gasteiger partial charge in [-0.15, -0.1) is 0 Å². The second kappa shape index (κ2) is 11.5. The molecule has 9 nitrogen and oxygen atoms in total. The fourth-order valence-electron chi connectivity index (χ4n) is 3.91. The number of benzene rings is 2. The summed E-state index contributed by atoms with van der Waals surface area (Å²) in [5.41, 5.74) is 2.97. The minimum Gasteiger partial charge on any atom is -0.502 e. The van der Waals surface area contributed by atoms with Crippen LogP contribution >= 0.6 is 0 Å². The molecule has 1 aliphatic heterocycles. The van der Waals surface area contributed by atoms with Crippen molar-refractivity contribution in [2.75, 3.05) is 32.6 Å². The van der Waals surface area contributed by atoms with Gasteiger partial charge in [0.1, 0.15) is 0 Å². The predicted octanol–water partition coefficient (Wildman–Crippen LogP) is 1.54. The molecule has 1 aliphatic rings. The van der Waals surface area contributed by atoms with Gasteiger partial charge in [0, 0.05) is 37.2 Å². The number of aromatic amines is 1. The number of nitrogens with one attached hydrogen (secondary N) is 2. The largest absolute Gasteiger partial charge is 0.502 e. The van der Waals surface area contributed by atoms with E-state index in [1.165, 1.54) is 11.9 Å². The van der Waals surface area contributed by atoms with Gasteiger partial charge >= 0.3 is 0 Å². The predicted molar refractivity (Wildman–Crippen MR) is 136 cm³/mol. The minimum atomic E-state index is -3.57. The summed E-state index contributed by atoms with van der Waals surface area (Å²) in [4.78, 5) is 20.3. The molecule has 10 heteroatoms. The molecule has 36 heavy (non-hydrogen) atoms. The highest BCUT2D eigenvalue weighted by Crippen LogP contribution is 2.22. The first-order chi connectivity index (χ1) is 17.3. The molecule has 3 aromatic rings. The summed E-state index contributed by atoms with van der Waals surface area (Å²) < 4.78 is 31.8. The number of hydrogen-bond donors (Lipinski definition) is 3. The first-order valence-corrected chi connectivity index (χ1v) is 13.4. The van der Waals surface area contributed by atoms with E-state index in [4.69, 9.17) is 4.74 Å². The SMILES string of the molecule is CS(=O)(=O)N[C@@H](Cc1nc[nH]c(=O)c1O)c1ccc(C#Cc2ccc(CN3CCOCC3)cc2)cc1. The fourth-order valence-corrected chi connectivity index (χ4v) is 4.65. The lowest BCUT2D eigenvalue weighted by atomic mass is 10.0. The Kier molecular flexibility index (Phi) is 8.18. The first-order valence-electron chi connectivity index (χ1n) is 11.5. The number of aromatic hydroxyl groups is 1. The number of hydrogen-bond acceptors (Lipinski definition) is 7. The van der Waals surface area contributed by atoms with Crippen LogP contribution < -0.4 is 10.3 Å². The van der Waals surface area contributed by atoms with Crippen LogP contribution in [0.25, 0.3) is 0 Å². The Labute approximate surface area is 210 Å². The zero-order chi connectivity index (χ0) is 25.5. The molecule has 0 radical (unpaired) electrons. The van der Waals surface area contributed by atoms with Gasteiger partial charge in [0.2, 0.25) is 15.8 Å². The molecular formula is C26H28N4O5S. The van der Waals surface area contributed by atoms with Gasteiger partial charge in [-0.3, -0.25) is 9.69 Å². The molecule has 0 saturated carbocycles. The lowest BCUT2D eigenvalue weighted by Crippen LogP contribution is -2.35. The highest BCUT2D eigenvalue weighted by atomic mass is 32.2. The van der Waals surface area contributed by atoms with Crippen molar-refractivity contribution >= 4 is 10.0 Å². The zero-order valence-electron chi connectivity index (χ0n) is 19.9. The van der Waals surface area contributed by atoms with Gasteiger partial charge in [0.15, 0.2) is 0 Å². The average molecular weight is 509 g/mol. The molecule has 0 aliphatic carbocycles. The number of sulfonamides is 1. The van der Waals surface area contributed by atoms with Crippen LogP contribution in [-0.4, -0.2) is 61.0 Å². The van der Waals surface area contributed by atoms with Crippen molar-refractivity contribution in [1.82, 2.24) is 19.6 Å². The van der Waals surface area contributed by atoms with Crippen molar-refractivity contribution in [3.63, 3.8) is 0 Å². The standard InChI is InChI=1S/C26H28N4O5S/c1-36(33,34)29-23(16-24-25(31)26(32)28-18-27-24)22-10-8-20(9-11-22)3-2-19-4-6-21(7-5-19)17-30-12-14-35-15-13-30/h4-11,18,23,29,31H,12-17H2,1H3,(H,27,28,32)/t23-/m0/s1. The van der Waals surface area contributed by atoms with Crippen molar-refractivity contribution in [1.29, 1.82) is 0 Å². The van der Waals surface area contributed by atoms with Gasteiger partial charge in [-0.2, -0.15) is 0 Å². The minimum absolute atomic E-state index is 0.00461. The molecule has 4 rings (SSSR count). The van der Waals surface area contributed by atoms with Crippen LogP contribution in [0.3, 0.4) is 0 Å². The lowest BCUT2D eigenvalue weighted by Gasteiger charge is -2.26. The van der Waals surface area contributed by atoms with Gasteiger partial charge in [-0.05, 0) is 35.4 Å². The maximum atomic E-state index is 11.9. The number of rotatable bonds is 7. The molecular weight excluding hydrogens is 480 g/mol. The van der Waals surface area contributed by atoms with E-state index < -0.39 is 27.4 Å². The highest BCUT2D eigenvalue weighted by Gasteiger charge is 2.20. The van der Waals surface area contributed by atoms with E-state index in [9.17, 15) is 18.3 Å². The average Bonchev–Trinajstić information content (AvgIpc) is 2.86. The Hall–Kier alpha value is -3.49. The Bertz CT molecular complexity index is 1400. The van der Waals surface area contributed by atoms with E-state index in [-0.39, 0.29) is 12.1 Å². The molecule has 2 aromatic carbocycles. The summed E-state index contributed by atoms with van der Waals surface area (Å²) in [6, 6.07) is 14.6. The lowest BCUT2D eigenvalue weighted by molar-refractivity contribution is 0.0342. The van der Waals surface area contributed by atoms with Crippen LogP contribution in [0.2, 0.25) is 0 Å². The molecule has 1 fully saturated rings. The normalized spacial score (nSPS) is 15.1. The molecule has 188 valence electrons. The smallest absolute Gasteiger partial charge is 0.293 e. The van der Waals surface area contributed by atoms with Crippen molar-refractivity contribution in [2.45, 2.75) is 19.0 Å². The molecule has 0 unspecified atom stereocenters. The van der Waals surface area contributed by atoms with E-state index in [1.807, 2.05) is 12.1 Å². The molecule has 1 aromatic heterocycles. The first kappa shape index (κ1) is 25.6. The van der Waals surface area contributed by atoms with Crippen LogP contribution in [0.4, 0.5) is 0 Å². The van der Waals surface area contributed by atoms with Crippen molar-refractivity contribution in [2.24, 2.45) is 0 Å². The highest BCUT2D eigenvalue weighted by molar-refractivity contribution is 7.88. The van der Waals surface area contributed by atoms with Crippen molar-refractivity contribution in [3.8, 4) is 17.6 Å². The van der Waals surface area contributed by atoms with Crippen LogP contribution in [0.1, 0.15) is 34.0 Å². The van der Waals surface area contributed by atoms with Crippen LogP contribution in [0.15, 0.2) is 59.7 Å². The molecule has 1 atom stereocenters. The van der Waals surface area contributed by atoms with Crippen molar-refractivity contribution < 1.29 is 18.3 Å². The molecule has 0 amide bonds. The number of nitrogens with zero attached hydrogens (tertiary/aromatic N) is 2. The summed E-state index contributed by atoms with van der Waals surface area (Å²) in [5.74, 6) is 5.75. The summed E-state index contributed by atoms with van der Waals surface area (Å²) in [7, 11) is -3.57. The maximum Gasteiger partial charge on any atom is 0.293 e. The van der Waals surface area contributed by atoms with Gasteiger partial charge in [0.05, 0.1) is 37.5 Å². The third kappa shape index (κ3) is 7.26. The number of ether oxygens (including phenoxy) is 1. The topological polar surface area (TPSA) is 125 Å². The van der Waals surface area contributed by atoms with Crippen LogP contribution in [0.5, 0.6) is 5.75 Å². The van der Waals surface area contributed by atoms with Crippen LogP contribution in [-0.2, 0) is 27.7 Å². The summed E-state index contributed by atoms with van der Waals surface area (Å²) in [6.07, 6.45) is 2.23. The van der Waals surface area contributed by atoms with Crippen molar-refractivity contribution in [3.05, 3.63) is 93.2 Å². The quantitative estimate of drug-likeness (QED) is 0.414. The number of aromatic nitrogens is 2. The summed E-state index contributed by atoms with van der Waals surface area (Å²) in [5, 5.41) is 10.0. The Morgan fingerprint density at radius 1 is 1.08 bits per heavy atom. The molecule has 1 saturated heterocycles. The summed E-state index contributed by atoms with van der Waals surface area (Å²) >= 11 is 0. The molecule has 3 N–H and O–H groups in total. The van der Waals surface area contributed by atoms with Gasteiger partial charge < -0.3 is 14.8 Å². The van der Waals surface area contributed by atoms with E-state index in [0.717, 1.165) is 50.2 Å². The zero-order valence-corrected chi connectivity index (χ0v) is 20.7. The van der Waals surface area contributed by atoms with E-state index in [2.05, 4.69) is 43.6 Å².